The predicted octanol–water partition coefficient (Wildman–Crippen LogP) is 4.54. The summed E-state index contributed by atoms with van der Waals surface area (Å²) in [6.07, 6.45) is -4.84. The minimum atomic E-state index is -4.32. The number of alkyl halides is 4. The van der Waals surface area contributed by atoms with Crippen LogP contribution in [0.3, 0.4) is 0 Å². The molecule has 1 aromatic rings. The van der Waals surface area contributed by atoms with Crippen molar-refractivity contribution in [1.29, 1.82) is 0 Å². The molecule has 0 saturated heterocycles. The molecule has 0 heterocycles. The third kappa shape index (κ3) is 4.78. The summed E-state index contributed by atoms with van der Waals surface area (Å²) < 4.78 is 48.2. The smallest absolute Gasteiger partial charge is 0.351 e. The van der Waals surface area contributed by atoms with Crippen LogP contribution in [0.4, 0.5) is 13.2 Å². The SMILES string of the molecule is CCOC(OCC)C(Br)c1ccc(C(F)(F)F)cc1. The lowest BCUT2D eigenvalue weighted by Crippen LogP contribution is -2.22. The van der Waals surface area contributed by atoms with Crippen molar-refractivity contribution >= 4 is 15.9 Å². The van der Waals surface area contributed by atoms with E-state index in [2.05, 4.69) is 15.9 Å². The van der Waals surface area contributed by atoms with Gasteiger partial charge in [0.25, 0.3) is 0 Å². The number of benzene rings is 1. The highest BCUT2D eigenvalue weighted by molar-refractivity contribution is 9.09. The first-order valence-corrected chi connectivity index (χ1v) is 6.86. The molecule has 0 radical (unpaired) electrons. The maximum Gasteiger partial charge on any atom is 0.416 e. The largest absolute Gasteiger partial charge is 0.416 e. The summed E-state index contributed by atoms with van der Waals surface area (Å²) in [5.41, 5.74) is 0.0141. The van der Waals surface area contributed by atoms with E-state index in [1.54, 1.807) is 0 Å². The van der Waals surface area contributed by atoms with Crippen molar-refractivity contribution < 1.29 is 22.6 Å². The van der Waals surface area contributed by atoms with Crippen LogP contribution in [0, 0.1) is 0 Å². The minimum absolute atomic E-state index is 0.310. The molecule has 1 unspecified atom stereocenters. The van der Waals surface area contributed by atoms with E-state index < -0.39 is 18.0 Å². The molecule has 0 aliphatic heterocycles. The highest BCUT2D eigenvalue weighted by Crippen LogP contribution is 2.33. The molecule has 0 aliphatic rings. The Morgan fingerprint density at radius 3 is 1.89 bits per heavy atom. The van der Waals surface area contributed by atoms with Gasteiger partial charge in [-0.1, -0.05) is 28.1 Å². The molecule has 0 bridgehead atoms. The fraction of sp³-hybridized carbons (Fsp3) is 0.538. The van der Waals surface area contributed by atoms with Gasteiger partial charge in [-0.3, -0.25) is 0 Å². The van der Waals surface area contributed by atoms with Gasteiger partial charge in [0.2, 0.25) is 0 Å². The molecule has 0 aliphatic carbocycles. The van der Waals surface area contributed by atoms with E-state index in [1.165, 1.54) is 12.1 Å². The molecule has 0 fully saturated rings. The molecule has 1 rings (SSSR count). The number of hydrogen-bond donors (Lipinski definition) is 0. The van der Waals surface area contributed by atoms with Gasteiger partial charge in [0, 0.05) is 13.2 Å². The average Bonchev–Trinajstić information content (AvgIpc) is 2.37. The zero-order chi connectivity index (χ0) is 14.5. The first-order valence-electron chi connectivity index (χ1n) is 5.94. The van der Waals surface area contributed by atoms with Crippen LogP contribution in [-0.4, -0.2) is 19.5 Å². The van der Waals surface area contributed by atoms with Gasteiger partial charge in [-0.2, -0.15) is 13.2 Å². The van der Waals surface area contributed by atoms with Gasteiger partial charge in [0.1, 0.15) is 0 Å². The monoisotopic (exact) mass is 340 g/mol. The predicted molar refractivity (Wildman–Crippen MR) is 70.2 cm³/mol. The van der Waals surface area contributed by atoms with Gasteiger partial charge in [-0.15, -0.1) is 0 Å². The number of hydrogen-bond acceptors (Lipinski definition) is 2. The summed E-state index contributed by atoms with van der Waals surface area (Å²) in [7, 11) is 0. The van der Waals surface area contributed by atoms with Crippen molar-refractivity contribution in [3.05, 3.63) is 35.4 Å². The zero-order valence-corrected chi connectivity index (χ0v) is 12.3. The second-order valence-electron chi connectivity index (χ2n) is 3.80. The Kier molecular flexibility index (Phi) is 6.29. The lowest BCUT2D eigenvalue weighted by molar-refractivity contribution is -0.137. The molecule has 2 nitrogen and oxygen atoms in total. The van der Waals surface area contributed by atoms with Crippen molar-refractivity contribution in [3.8, 4) is 0 Å². The fourth-order valence-electron chi connectivity index (χ4n) is 1.56. The number of halogens is 4. The van der Waals surface area contributed by atoms with Gasteiger partial charge >= 0.3 is 6.18 Å². The Bertz CT molecular complexity index is 372. The Hall–Kier alpha value is -0.590. The van der Waals surface area contributed by atoms with E-state index in [9.17, 15) is 13.2 Å². The minimum Gasteiger partial charge on any atom is -0.351 e. The van der Waals surface area contributed by atoms with E-state index in [4.69, 9.17) is 9.47 Å². The van der Waals surface area contributed by atoms with Crippen molar-refractivity contribution in [1.82, 2.24) is 0 Å². The highest BCUT2D eigenvalue weighted by Gasteiger charge is 2.30. The molecule has 0 aromatic heterocycles. The summed E-state index contributed by atoms with van der Waals surface area (Å²) >= 11 is 3.40. The third-order valence-electron chi connectivity index (χ3n) is 2.46. The van der Waals surface area contributed by atoms with Gasteiger partial charge in [0.15, 0.2) is 6.29 Å². The molecule has 6 heteroatoms. The number of rotatable bonds is 6. The fourth-order valence-corrected chi connectivity index (χ4v) is 2.17. The van der Waals surface area contributed by atoms with Gasteiger partial charge in [0.05, 0.1) is 10.4 Å². The molecule has 1 atom stereocenters. The molecular weight excluding hydrogens is 325 g/mol. The molecule has 0 saturated carbocycles. The second kappa shape index (κ2) is 7.26. The molecule has 1 aromatic carbocycles. The van der Waals surface area contributed by atoms with E-state index in [1.807, 2.05) is 13.8 Å². The standard InChI is InChI=1S/C13H16BrF3O2/c1-3-18-12(19-4-2)11(14)9-5-7-10(8-6-9)13(15,16)17/h5-8,11-12H,3-4H2,1-2H3. The van der Waals surface area contributed by atoms with Crippen molar-refractivity contribution in [3.63, 3.8) is 0 Å². The van der Waals surface area contributed by atoms with Crippen LogP contribution in [0.25, 0.3) is 0 Å². The molecule has 0 amide bonds. The summed E-state index contributed by atoms with van der Waals surface area (Å²) in [6, 6.07) is 4.96. The summed E-state index contributed by atoms with van der Waals surface area (Å²) in [4.78, 5) is -0.310. The van der Waals surface area contributed by atoms with Crippen molar-refractivity contribution in [2.45, 2.75) is 31.1 Å². The Balaban J connectivity index is 2.83. The molecular formula is C13H16BrF3O2. The Morgan fingerprint density at radius 1 is 1.05 bits per heavy atom. The van der Waals surface area contributed by atoms with Crippen LogP contribution in [0.15, 0.2) is 24.3 Å². The first-order chi connectivity index (χ1) is 8.90. The summed E-state index contributed by atoms with van der Waals surface area (Å²) in [5.74, 6) is 0. The second-order valence-corrected chi connectivity index (χ2v) is 4.79. The maximum atomic E-state index is 12.5. The Morgan fingerprint density at radius 2 is 1.53 bits per heavy atom. The lowest BCUT2D eigenvalue weighted by Gasteiger charge is -2.22. The van der Waals surface area contributed by atoms with E-state index >= 15 is 0 Å². The average molecular weight is 341 g/mol. The van der Waals surface area contributed by atoms with Crippen LogP contribution in [0.2, 0.25) is 0 Å². The first kappa shape index (κ1) is 16.5. The van der Waals surface area contributed by atoms with Gasteiger partial charge in [-0.25, -0.2) is 0 Å². The van der Waals surface area contributed by atoms with Gasteiger partial charge < -0.3 is 9.47 Å². The quantitative estimate of drug-likeness (QED) is 0.559. The van der Waals surface area contributed by atoms with E-state index in [0.717, 1.165) is 12.1 Å². The zero-order valence-electron chi connectivity index (χ0n) is 10.7. The van der Waals surface area contributed by atoms with Crippen LogP contribution < -0.4 is 0 Å². The number of ether oxygens (including phenoxy) is 2. The molecule has 19 heavy (non-hydrogen) atoms. The van der Waals surface area contributed by atoms with Gasteiger partial charge in [-0.05, 0) is 31.5 Å². The van der Waals surface area contributed by atoms with Crippen LogP contribution >= 0.6 is 15.9 Å². The lowest BCUT2D eigenvalue weighted by atomic mass is 10.1. The summed E-state index contributed by atoms with van der Waals surface area (Å²) in [6.45, 7) is 4.60. The normalized spacial score (nSPS) is 13.8. The third-order valence-corrected chi connectivity index (χ3v) is 3.42. The molecule has 0 spiro atoms. The van der Waals surface area contributed by atoms with Crippen molar-refractivity contribution in [2.75, 3.05) is 13.2 Å². The van der Waals surface area contributed by atoms with Crippen LogP contribution in [0.1, 0.15) is 29.8 Å². The maximum absolute atomic E-state index is 12.5. The van der Waals surface area contributed by atoms with Crippen LogP contribution in [-0.2, 0) is 15.7 Å². The Labute approximate surface area is 119 Å². The van der Waals surface area contributed by atoms with Crippen molar-refractivity contribution in [2.24, 2.45) is 0 Å². The van der Waals surface area contributed by atoms with E-state index in [0.29, 0.717) is 18.8 Å². The van der Waals surface area contributed by atoms with Crippen LogP contribution in [0.5, 0.6) is 0 Å². The van der Waals surface area contributed by atoms with E-state index in [-0.39, 0.29) is 4.83 Å². The molecule has 108 valence electrons. The topological polar surface area (TPSA) is 18.5 Å². The summed E-state index contributed by atoms with van der Waals surface area (Å²) in [5, 5.41) is 0. The molecule has 0 N–H and O–H groups in total. The highest BCUT2D eigenvalue weighted by atomic mass is 79.9.